The number of benzene rings is 1. The number of anilines is 1. The number of hydrogen-bond donors (Lipinski definition) is 2. The van der Waals surface area contributed by atoms with E-state index < -0.39 is 17.8 Å². The van der Waals surface area contributed by atoms with Gasteiger partial charge < -0.3 is 5.73 Å². The van der Waals surface area contributed by atoms with E-state index >= 15 is 0 Å². The third-order valence-corrected chi connectivity index (χ3v) is 4.42. The number of aromatic nitrogens is 3. The van der Waals surface area contributed by atoms with E-state index in [1.54, 1.807) is 23.6 Å². The SMILES string of the molecule is CC.CC(=O)CN.CCc1cccc(-n2nc(C(F)(F)F)cc2C(=O)Nc2nccs2)c1. The van der Waals surface area contributed by atoms with Gasteiger partial charge in [0, 0.05) is 17.6 Å². The first-order chi connectivity index (χ1) is 15.2. The molecule has 0 fully saturated rings. The summed E-state index contributed by atoms with van der Waals surface area (Å²) in [5, 5.41) is 8.02. The smallest absolute Gasteiger partial charge is 0.324 e. The minimum atomic E-state index is -4.65. The first-order valence-electron chi connectivity index (χ1n) is 9.82. The summed E-state index contributed by atoms with van der Waals surface area (Å²) < 4.78 is 40.2. The van der Waals surface area contributed by atoms with E-state index in [4.69, 9.17) is 5.73 Å². The molecule has 0 saturated heterocycles. The number of aryl methyl sites for hydroxylation is 1. The van der Waals surface area contributed by atoms with Gasteiger partial charge in [-0.3, -0.25) is 14.9 Å². The number of nitrogens with one attached hydrogen (secondary N) is 1. The van der Waals surface area contributed by atoms with Crippen LogP contribution < -0.4 is 11.1 Å². The van der Waals surface area contributed by atoms with Crippen LogP contribution in [0.5, 0.6) is 0 Å². The van der Waals surface area contributed by atoms with Crippen molar-refractivity contribution in [2.75, 3.05) is 11.9 Å². The number of nitrogens with two attached hydrogens (primary N) is 1. The van der Waals surface area contributed by atoms with Crippen LogP contribution in [0.15, 0.2) is 41.9 Å². The Bertz CT molecular complexity index is 1000. The van der Waals surface area contributed by atoms with Crippen LogP contribution in [-0.4, -0.2) is 33.0 Å². The van der Waals surface area contributed by atoms with E-state index in [1.165, 1.54) is 24.5 Å². The molecular weight excluding hydrogens is 443 g/mol. The van der Waals surface area contributed by atoms with Crippen LogP contribution in [0.3, 0.4) is 0 Å². The van der Waals surface area contributed by atoms with Crippen molar-refractivity contribution in [3.8, 4) is 5.69 Å². The lowest BCUT2D eigenvalue weighted by Crippen LogP contribution is -2.17. The normalized spacial score (nSPS) is 10.4. The molecular formula is C21H26F3N5O2S. The second kappa shape index (κ2) is 12.7. The number of Topliss-reactive ketones (excluding diaryl/α,β-unsaturated/α-hetero) is 1. The lowest BCUT2D eigenvalue weighted by Gasteiger charge is -2.08. The number of nitrogens with zero attached hydrogens (tertiary/aromatic N) is 3. The third-order valence-electron chi connectivity index (χ3n) is 3.74. The molecule has 174 valence electrons. The number of carbonyl (C=O) groups is 2. The fourth-order valence-corrected chi connectivity index (χ4v) is 2.76. The van der Waals surface area contributed by atoms with Crippen LogP contribution in [0, 0.1) is 0 Å². The Morgan fingerprint density at radius 2 is 1.88 bits per heavy atom. The van der Waals surface area contributed by atoms with Crippen molar-refractivity contribution in [1.82, 2.24) is 14.8 Å². The predicted octanol–water partition coefficient (Wildman–Crippen LogP) is 4.72. The second-order valence-corrected chi connectivity index (χ2v) is 6.94. The van der Waals surface area contributed by atoms with E-state index in [0.717, 1.165) is 16.3 Å². The molecule has 2 heterocycles. The molecule has 0 unspecified atom stereocenters. The zero-order valence-electron chi connectivity index (χ0n) is 18.2. The molecule has 11 heteroatoms. The minimum absolute atomic E-state index is 0.0324. The van der Waals surface area contributed by atoms with E-state index in [-0.39, 0.29) is 18.0 Å². The highest BCUT2D eigenvalue weighted by molar-refractivity contribution is 7.13. The lowest BCUT2D eigenvalue weighted by atomic mass is 10.1. The maximum atomic E-state index is 13.1. The number of amides is 1. The minimum Gasteiger partial charge on any atom is -0.324 e. The summed E-state index contributed by atoms with van der Waals surface area (Å²) in [6.07, 6.45) is -2.45. The molecule has 0 bridgehead atoms. The molecule has 0 spiro atoms. The summed E-state index contributed by atoms with van der Waals surface area (Å²) in [5.74, 6) is -0.676. The second-order valence-electron chi connectivity index (χ2n) is 6.05. The van der Waals surface area contributed by atoms with E-state index in [0.29, 0.717) is 17.2 Å². The molecule has 0 aliphatic rings. The zero-order chi connectivity index (χ0) is 24.3. The van der Waals surface area contributed by atoms with Gasteiger partial charge in [-0.1, -0.05) is 32.9 Å². The van der Waals surface area contributed by atoms with Crippen LogP contribution in [0.4, 0.5) is 18.3 Å². The van der Waals surface area contributed by atoms with Crippen molar-refractivity contribution in [2.45, 2.75) is 40.3 Å². The van der Waals surface area contributed by atoms with Gasteiger partial charge in [0.2, 0.25) is 0 Å². The van der Waals surface area contributed by atoms with Crippen LogP contribution in [-0.2, 0) is 17.4 Å². The summed E-state index contributed by atoms with van der Waals surface area (Å²) >= 11 is 1.17. The molecule has 0 saturated carbocycles. The number of alkyl halides is 3. The molecule has 3 rings (SSSR count). The van der Waals surface area contributed by atoms with Crippen molar-refractivity contribution in [3.63, 3.8) is 0 Å². The largest absolute Gasteiger partial charge is 0.435 e. The molecule has 3 N–H and O–H groups in total. The van der Waals surface area contributed by atoms with Gasteiger partial charge in [-0.05, 0) is 31.0 Å². The Labute approximate surface area is 188 Å². The van der Waals surface area contributed by atoms with Gasteiger partial charge in [0.15, 0.2) is 10.8 Å². The maximum Gasteiger partial charge on any atom is 0.435 e. The Hall–Kier alpha value is -3.05. The van der Waals surface area contributed by atoms with Gasteiger partial charge in [-0.25, -0.2) is 9.67 Å². The van der Waals surface area contributed by atoms with Gasteiger partial charge in [0.25, 0.3) is 5.91 Å². The molecule has 0 aliphatic heterocycles. The number of carbonyl (C=O) groups excluding carboxylic acids is 2. The van der Waals surface area contributed by atoms with Crippen molar-refractivity contribution < 1.29 is 22.8 Å². The number of ketones is 1. The summed E-state index contributed by atoms with van der Waals surface area (Å²) in [6.45, 7) is 7.55. The lowest BCUT2D eigenvalue weighted by molar-refractivity contribution is -0.141. The first kappa shape index (κ1) is 27.0. The molecule has 32 heavy (non-hydrogen) atoms. The summed E-state index contributed by atoms with van der Waals surface area (Å²) in [5.41, 5.74) is 4.80. The predicted molar refractivity (Wildman–Crippen MR) is 119 cm³/mol. The Balaban J connectivity index is 0.000000646. The van der Waals surface area contributed by atoms with Gasteiger partial charge in [-0.15, -0.1) is 11.3 Å². The fourth-order valence-electron chi connectivity index (χ4n) is 2.23. The summed E-state index contributed by atoms with van der Waals surface area (Å²) in [6, 6.07) is 7.61. The number of rotatable bonds is 5. The average Bonchev–Trinajstić information content (AvgIpc) is 3.45. The maximum absolute atomic E-state index is 13.1. The van der Waals surface area contributed by atoms with Crippen molar-refractivity contribution in [1.29, 1.82) is 0 Å². The molecule has 0 radical (unpaired) electrons. The third kappa shape index (κ3) is 7.89. The number of hydrogen-bond acceptors (Lipinski definition) is 6. The zero-order valence-corrected chi connectivity index (χ0v) is 19.0. The van der Waals surface area contributed by atoms with E-state index in [2.05, 4.69) is 15.4 Å². The Morgan fingerprint density at radius 1 is 1.22 bits per heavy atom. The van der Waals surface area contributed by atoms with E-state index in [1.807, 2.05) is 26.8 Å². The van der Waals surface area contributed by atoms with Crippen molar-refractivity contribution >= 4 is 28.2 Å². The van der Waals surface area contributed by atoms with Crippen LogP contribution in [0.2, 0.25) is 0 Å². The molecule has 3 aromatic rings. The molecule has 1 aromatic carbocycles. The van der Waals surface area contributed by atoms with Gasteiger partial charge in [0.05, 0.1) is 12.2 Å². The number of thiazole rings is 1. The Morgan fingerprint density at radius 3 is 2.38 bits per heavy atom. The standard InChI is InChI=1S/C16H13F3N4OS.C3H7NO.C2H6/c1-2-10-4-3-5-11(8-10)23-12(9-13(22-23)16(17,18)19)14(24)21-15-20-6-7-25-15;1-3(5)2-4;1-2/h3-9H,2H2,1H3,(H,20,21,24);2,4H2,1H3;1-2H3. The Kier molecular flexibility index (Phi) is 10.7. The first-order valence-corrected chi connectivity index (χ1v) is 10.7. The highest BCUT2D eigenvalue weighted by atomic mass is 32.1. The van der Waals surface area contributed by atoms with Crippen LogP contribution in [0.25, 0.3) is 5.69 Å². The molecule has 7 nitrogen and oxygen atoms in total. The van der Waals surface area contributed by atoms with Crippen molar-refractivity contribution in [2.24, 2.45) is 5.73 Å². The topological polar surface area (TPSA) is 103 Å². The van der Waals surface area contributed by atoms with Crippen LogP contribution >= 0.6 is 11.3 Å². The summed E-state index contributed by atoms with van der Waals surface area (Å²) in [7, 11) is 0. The fraction of sp³-hybridized carbons (Fsp3) is 0.333. The van der Waals surface area contributed by atoms with Crippen LogP contribution in [0.1, 0.15) is 49.4 Å². The molecule has 1 amide bonds. The number of halogens is 3. The van der Waals surface area contributed by atoms with Crippen molar-refractivity contribution in [3.05, 3.63) is 58.9 Å². The van der Waals surface area contributed by atoms with Gasteiger partial charge in [-0.2, -0.15) is 18.3 Å². The monoisotopic (exact) mass is 469 g/mol. The highest BCUT2D eigenvalue weighted by Crippen LogP contribution is 2.30. The average molecular weight is 470 g/mol. The van der Waals surface area contributed by atoms with Gasteiger partial charge >= 0.3 is 6.18 Å². The molecule has 0 aliphatic carbocycles. The quantitative estimate of drug-likeness (QED) is 0.563. The highest BCUT2D eigenvalue weighted by Gasteiger charge is 2.36. The van der Waals surface area contributed by atoms with Gasteiger partial charge in [0.1, 0.15) is 11.5 Å². The molecule has 2 aromatic heterocycles. The molecule has 0 atom stereocenters. The summed E-state index contributed by atoms with van der Waals surface area (Å²) in [4.78, 5) is 26.0. The van der Waals surface area contributed by atoms with E-state index in [9.17, 15) is 22.8 Å².